The Morgan fingerprint density at radius 1 is 0.812 bits per heavy atom. The minimum Gasteiger partial charge on any atom is -0.485 e. The molecule has 0 atom stereocenters. The molecule has 0 bridgehead atoms. The van der Waals surface area contributed by atoms with E-state index in [0.29, 0.717) is 41.8 Å². The maximum absolute atomic E-state index is 12.5. The van der Waals surface area contributed by atoms with Crippen LogP contribution in [-0.2, 0) is 11.4 Å². The molecule has 3 aromatic carbocycles. The Bertz CT molecular complexity index is 1030. The Morgan fingerprint density at radius 2 is 1.44 bits per heavy atom. The van der Waals surface area contributed by atoms with Crippen molar-refractivity contribution in [2.24, 2.45) is 5.92 Å². The highest BCUT2D eigenvalue weighted by atomic mass is 16.5. The van der Waals surface area contributed by atoms with Crippen molar-refractivity contribution in [2.75, 3.05) is 18.5 Å². The second-order valence-corrected chi connectivity index (χ2v) is 7.71. The topological polar surface area (TPSA) is 76.7 Å². The molecule has 6 heteroatoms. The third-order valence-corrected chi connectivity index (χ3v) is 4.56. The number of nitrogens with one attached hydrogen (secondary N) is 2. The van der Waals surface area contributed by atoms with Crippen molar-refractivity contribution in [1.82, 2.24) is 5.32 Å². The van der Waals surface area contributed by atoms with Gasteiger partial charge < -0.3 is 20.1 Å². The summed E-state index contributed by atoms with van der Waals surface area (Å²) >= 11 is 0. The third kappa shape index (κ3) is 6.87. The largest absolute Gasteiger partial charge is 0.485 e. The Morgan fingerprint density at radius 3 is 2.16 bits per heavy atom. The van der Waals surface area contributed by atoms with Crippen LogP contribution in [0, 0.1) is 5.92 Å². The number of ether oxygens (including phenoxy) is 2. The number of anilines is 1. The fourth-order valence-corrected chi connectivity index (χ4v) is 2.94. The Kier molecular flexibility index (Phi) is 8.26. The molecule has 0 aromatic heterocycles. The molecule has 0 heterocycles. The quantitative estimate of drug-likeness (QED) is 0.488. The van der Waals surface area contributed by atoms with Crippen LogP contribution in [0.25, 0.3) is 0 Å². The van der Waals surface area contributed by atoms with E-state index >= 15 is 0 Å². The number of carbonyl (C=O) groups is 2. The number of hydrogen-bond acceptors (Lipinski definition) is 4. The van der Waals surface area contributed by atoms with Crippen molar-refractivity contribution in [3.05, 3.63) is 90.0 Å². The highest BCUT2D eigenvalue weighted by molar-refractivity contribution is 6.04. The lowest BCUT2D eigenvalue weighted by Crippen LogP contribution is -2.29. The molecular weight excluding hydrogens is 404 g/mol. The van der Waals surface area contributed by atoms with Crippen molar-refractivity contribution in [2.45, 2.75) is 20.5 Å². The van der Waals surface area contributed by atoms with Crippen LogP contribution in [0.2, 0.25) is 0 Å². The van der Waals surface area contributed by atoms with E-state index in [0.717, 1.165) is 5.56 Å². The van der Waals surface area contributed by atoms with Gasteiger partial charge in [-0.1, -0.05) is 68.4 Å². The molecule has 3 rings (SSSR count). The molecule has 0 saturated carbocycles. The first-order valence-corrected chi connectivity index (χ1v) is 10.6. The number of carbonyl (C=O) groups excluding carboxylic acids is 2. The summed E-state index contributed by atoms with van der Waals surface area (Å²) in [6, 6.07) is 23.9. The van der Waals surface area contributed by atoms with Gasteiger partial charge in [-0.25, -0.2) is 0 Å². The van der Waals surface area contributed by atoms with Crippen LogP contribution in [0.5, 0.6) is 11.5 Å². The van der Waals surface area contributed by atoms with Gasteiger partial charge >= 0.3 is 0 Å². The summed E-state index contributed by atoms with van der Waals surface area (Å²) in [5, 5.41) is 5.63. The van der Waals surface area contributed by atoms with E-state index in [1.807, 2.05) is 56.3 Å². The molecule has 0 aliphatic heterocycles. The van der Waals surface area contributed by atoms with Crippen molar-refractivity contribution in [1.29, 1.82) is 0 Å². The van der Waals surface area contributed by atoms with Crippen LogP contribution in [-0.4, -0.2) is 25.0 Å². The Balaban J connectivity index is 1.58. The first-order valence-electron chi connectivity index (χ1n) is 10.6. The van der Waals surface area contributed by atoms with Crippen LogP contribution in [0.4, 0.5) is 5.69 Å². The molecule has 3 aromatic rings. The maximum Gasteiger partial charge on any atom is 0.262 e. The summed E-state index contributed by atoms with van der Waals surface area (Å²) < 4.78 is 11.6. The number of hydrogen-bond donors (Lipinski definition) is 2. The molecule has 0 aliphatic rings. The Labute approximate surface area is 188 Å². The monoisotopic (exact) mass is 432 g/mol. The van der Waals surface area contributed by atoms with E-state index in [2.05, 4.69) is 10.6 Å². The molecule has 6 nitrogen and oxygen atoms in total. The van der Waals surface area contributed by atoms with Crippen molar-refractivity contribution in [3.8, 4) is 11.5 Å². The third-order valence-electron chi connectivity index (χ3n) is 4.56. The molecule has 166 valence electrons. The molecular formula is C26H28N2O4. The lowest BCUT2D eigenvalue weighted by Gasteiger charge is -2.14. The van der Waals surface area contributed by atoms with Crippen LogP contribution < -0.4 is 20.1 Å². The molecule has 0 unspecified atom stereocenters. The van der Waals surface area contributed by atoms with E-state index in [-0.39, 0.29) is 18.4 Å². The highest BCUT2D eigenvalue weighted by Gasteiger charge is 2.14. The van der Waals surface area contributed by atoms with Gasteiger partial charge in [-0.15, -0.1) is 0 Å². The van der Waals surface area contributed by atoms with Gasteiger partial charge in [-0.3, -0.25) is 9.59 Å². The second-order valence-electron chi connectivity index (χ2n) is 7.71. The molecule has 0 fully saturated rings. The second kappa shape index (κ2) is 11.6. The summed E-state index contributed by atoms with van der Waals surface area (Å²) in [5.41, 5.74) is 1.89. The molecule has 0 aliphatic carbocycles. The lowest BCUT2D eigenvalue weighted by molar-refractivity contribution is -0.118. The van der Waals surface area contributed by atoms with Crippen molar-refractivity contribution in [3.63, 3.8) is 0 Å². The molecule has 2 N–H and O–H groups in total. The van der Waals surface area contributed by atoms with E-state index in [4.69, 9.17) is 9.47 Å². The zero-order valence-corrected chi connectivity index (χ0v) is 18.3. The fraction of sp³-hybridized carbons (Fsp3) is 0.231. The minimum atomic E-state index is -0.369. The van der Waals surface area contributed by atoms with Gasteiger partial charge in [0.1, 0.15) is 6.61 Å². The molecule has 0 radical (unpaired) electrons. The first kappa shape index (κ1) is 22.9. The summed E-state index contributed by atoms with van der Waals surface area (Å²) in [6.07, 6.45) is 0. The summed E-state index contributed by atoms with van der Waals surface area (Å²) in [7, 11) is 0. The normalized spacial score (nSPS) is 10.5. The van der Waals surface area contributed by atoms with E-state index in [9.17, 15) is 9.59 Å². The summed E-state index contributed by atoms with van der Waals surface area (Å²) in [4.78, 5) is 25.0. The highest BCUT2D eigenvalue weighted by Crippen LogP contribution is 2.27. The van der Waals surface area contributed by atoms with Gasteiger partial charge in [0.2, 0.25) is 0 Å². The van der Waals surface area contributed by atoms with Gasteiger partial charge in [0.25, 0.3) is 11.8 Å². The predicted molar refractivity (Wildman–Crippen MR) is 125 cm³/mol. The number of benzene rings is 3. The van der Waals surface area contributed by atoms with Crippen LogP contribution >= 0.6 is 0 Å². The molecule has 0 saturated heterocycles. The van der Waals surface area contributed by atoms with Crippen LogP contribution in [0.3, 0.4) is 0 Å². The summed E-state index contributed by atoms with van der Waals surface area (Å²) in [5.74, 6) is 0.764. The van der Waals surface area contributed by atoms with Gasteiger partial charge in [-0.05, 0) is 35.7 Å². The average Bonchev–Trinajstić information content (AvgIpc) is 2.81. The zero-order chi connectivity index (χ0) is 22.8. The van der Waals surface area contributed by atoms with Crippen molar-refractivity contribution >= 4 is 17.5 Å². The van der Waals surface area contributed by atoms with E-state index < -0.39 is 0 Å². The number of para-hydroxylation sites is 3. The van der Waals surface area contributed by atoms with E-state index in [1.54, 1.807) is 36.4 Å². The van der Waals surface area contributed by atoms with Gasteiger partial charge in [-0.2, -0.15) is 0 Å². The molecule has 2 amide bonds. The average molecular weight is 433 g/mol. The Hall–Kier alpha value is -3.80. The minimum absolute atomic E-state index is 0.215. The zero-order valence-electron chi connectivity index (χ0n) is 18.3. The van der Waals surface area contributed by atoms with Crippen molar-refractivity contribution < 1.29 is 19.1 Å². The standard InChI is InChI=1S/C26H28N2O4/c1-19(2)16-27-26(30)21-12-6-7-13-22(21)28-25(29)18-32-24-15-9-8-14-23(24)31-17-20-10-4-3-5-11-20/h3-15,19H,16-18H2,1-2H3,(H,27,30)(H,28,29). The lowest BCUT2D eigenvalue weighted by atomic mass is 10.1. The fourth-order valence-electron chi connectivity index (χ4n) is 2.94. The summed E-state index contributed by atoms with van der Waals surface area (Å²) in [6.45, 7) is 4.78. The predicted octanol–water partition coefficient (Wildman–Crippen LogP) is 4.67. The number of rotatable bonds is 10. The number of amides is 2. The van der Waals surface area contributed by atoms with Crippen LogP contribution in [0.15, 0.2) is 78.9 Å². The van der Waals surface area contributed by atoms with Gasteiger partial charge in [0, 0.05) is 6.54 Å². The van der Waals surface area contributed by atoms with Gasteiger partial charge in [0.05, 0.1) is 11.3 Å². The van der Waals surface area contributed by atoms with Crippen LogP contribution in [0.1, 0.15) is 29.8 Å². The SMILES string of the molecule is CC(C)CNC(=O)c1ccccc1NC(=O)COc1ccccc1OCc1ccccc1. The smallest absolute Gasteiger partial charge is 0.262 e. The molecule has 32 heavy (non-hydrogen) atoms. The van der Waals surface area contributed by atoms with E-state index in [1.165, 1.54) is 0 Å². The maximum atomic E-state index is 12.5. The van der Waals surface area contributed by atoms with Gasteiger partial charge in [0.15, 0.2) is 18.1 Å². The first-order chi connectivity index (χ1) is 15.5. The molecule has 0 spiro atoms.